The number of anilines is 2. The van der Waals surface area contributed by atoms with Crippen molar-refractivity contribution in [2.75, 3.05) is 23.7 Å². The number of carbonyl (C=O) groups excluding carboxylic acids is 2. The van der Waals surface area contributed by atoms with Crippen LogP contribution in [0.5, 0.6) is 0 Å². The predicted molar refractivity (Wildman–Crippen MR) is 89.3 cm³/mol. The van der Waals surface area contributed by atoms with Crippen LogP contribution < -0.4 is 10.6 Å². The zero-order valence-corrected chi connectivity index (χ0v) is 13.7. The standard InChI is InChI=1S/C16H22ClN3O2/c1-3-15(21)19-11-5-8-13(17)14(9-11)18-10-16(22)20(4-2)12-6-7-12/h5,8-9,12,18H,3-4,6-7,10H2,1-2H3,(H,19,21). The Morgan fingerprint density at radius 2 is 2.05 bits per heavy atom. The molecule has 0 heterocycles. The average molecular weight is 324 g/mol. The van der Waals surface area contributed by atoms with Gasteiger partial charge in [0.05, 0.1) is 17.3 Å². The van der Waals surface area contributed by atoms with Gasteiger partial charge < -0.3 is 15.5 Å². The van der Waals surface area contributed by atoms with Crippen LogP contribution in [0.3, 0.4) is 0 Å². The number of halogens is 1. The molecule has 1 fully saturated rings. The molecule has 2 amide bonds. The number of amides is 2. The van der Waals surface area contributed by atoms with Gasteiger partial charge in [-0.25, -0.2) is 0 Å². The van der Waals surface area contributed by atoms with Crippen LogP contribution in [0.4, 0.5) is 11.4 Å². The fourth-order valence-corrected chi connectivity index (χ4v) is 2.47. The first kappa shape index (κ1) is 16.6. The molecular weight excluding hydrogens is 302 g/mol. The molecule has 22 heavy (non-hydrogen) atoms. The van der Waals surface area contributed by atoms with Gasteiger partial charge in [0.15, 0.2) is 0 Å². The highest BCUT2D eigenvalue weighted by Gasteiger charge is 2.30. The summed E-state index contributed by atoms with van der Waals surface area (Å²) >= 11 is 6.14. The summed E-state index contributed by atoms with van der Waals surface area (Å²) in [5, 5.41) is 6.37. The van der Waals surface area contributed by atoms with Gasteiger partial charge in [-0.3, -0.25) is 9.59 Å². The van der Waals surface area contributed by atoms with Crippen molar-refractivity contribution in [1.82, 2.24) is 4.90 Å². The monoisotopic (exact) mass is 323 g/mol. The van der Waals surface area contributed by atoms with Crippen molar-refractivity contribution in [3.05, 3.63) is 23.2 Å². The van der Waals surface area contributed by atoms with Crippen LogP contribution in [0.1, 0.15) is 33.1 Å². The van der Waals surface area contributed by atoms with Gasteiger partial charge in [0.1, 0.15) is 0 Å². The zero-order chi connectivity index (χ0) is 16.1. The predicted octanol–water partition coefficient (Wildman–Crippen LogP) is 3.11. The Bertz CT molecular complexity index is 558. The molecule has 1 aliphatic carbocycles. The van der Waals surface area contributed by atoms with E-state index >= 15 is 0 Å². The number of rotatable bonds is 7. The van der Waals surface area contributed by atoms with Crippen LogP contribution in [-0.2, 0) is 9.59 Å². The van der Waals surface area contributed by atoms with E-state index in [0.717, 1.165) is 19.4 Å². The van der Waals surface area contributed by atoms with E-state index in [2.05, 4.69) is 10.6 Å². The van der Waals surface area contributed by atoms with Gasteiger partial charge in [-0.1, -0.05) is 18.5 Å². The van der Waals surface area contributed by atoms with Crippen LogP contribution in [-0.4, -0.2) is 35.8 Å². The first-order valence-corrected chi connectivity index (χ1v) is 8.05. The first-order chi connectivity index (χ1) is 10.5. The molecule has 0 saturated heterocycles. The Morgan fingerprint density at radius 3 is 2.64 bits per heavy atom. The maximum atomic E-state index is 12.2. The molecule has 0 aromatic heterocycles. The van der Waals surface area contributed by atoms with E-state index < -0.39 is 0 Å². The van der Waals surface area contributed by atoms with Crippen LogP contribution in [0.2, 0.25) is 5.02 Å². The van der Waals surface area contributed by atoms with Crippen LogP contribution in [0.15, 0.2) is 18.2 Å². The molecule has 120 valence electrons. The zero-order valence-electron chi connectivity index (χ0n) is 13.0. The van der Waals surface area contributed by atoms with Crippen molar-refractivity contribution in [3.8, 4) is 0 Å². The van der Waals surface area contributed by atoms with Crippen molar-refractivity contribution in [2.24, 2.45) is 0 Å². The maximum absolute atomic E-state index is 12.2. The molecule has 2 rings (SSSR count). The highest BCUT2D eigenvalue weighted by Crippen LogP contribution is 2.28. The van der Waals surface area contributed by atoms with Gasteiger partial charge >= 0.3 is 0 Å². The van der Waals surface area contributed by atoms with Crippen molar-refractivity contribution >= 4 is 34.8 Å². The molecule has 0 unspecified atom stereocenters. The SMILES string of the molecule is CCC(=O)Nc1ccc(Cl)c(NCC(=O)N(CC)C2CC2)c1. The second-order valence-electron chi connectivity index (χ2n) is 5.36. The second-order valence-corrected chi connectivity index (χ2v) is 5.77. The summed E-state index contributed by atoms with van der Waals surface area (Å²) < 4.78 is 0. The van der Waals surface area contributed by atoms with Crippen molar-refractivity contribution in [3.63, 3.8) is 0 Å². The molecule has 1 aromatic rings. The molecular formula is C16H22ClN3O2. The maximum Gasteiger partial charge on any atom is 0.242 e. The summed E-state index contributed by atoms with van der Waals surface area (Å²) in [7, 11) is 0. The number of nitrogens with zero attached hydrogens (tertiary/aromatic N) is 1. The summed E-state index contributed by atoms with van der Waals surface area (Å²) in [4.78, 5) is 25.5. The summed E-state index contributed by atoms with van der Waals surface area (Å²) in [6, 6.07) is 5.60. The van der Waals surface area contributed by atoms with Gasteiger partial charge in [0.2, 0.25) is 11.8 Å². The third-order valence-electron chi connectivity index (χ3n) is 3.65. The minimum absolute atomic E-state index is 0.0600. The van der Waals surface area contributed by atoms with Gasteiger partial charge in [0.25, 0.3) is 0 Å². The van der Waals surface area contributed by atoms with Gasteiger partial charge in [0, 0.05) is 24.7 Å². The fourth-order valence-electron chi connectivity index (χ4n) is 2.28. The third-order valence-corrected chi connectivity index (χ3v) is 3.98. The second kappa shape index (κ2) is 7.49. The molecule has 1 saturated carbocycles. The van der Waals surface area contributed by atoms with Crippen molar-refractivity contribution < 1.29 is 9.59 Å². The number of benzene rings is 1. The molecule has 0 spiro atoms. The third kappa shape index (κ3) is 4.37. The molecule has 0 atom stereocenters. The largest absolute Gasteiger partial charge is 0.375 e. The number of carbonyl (C=O) groups is 2. The lowest BCUT2D eigenvalue weighted by atomic mass is 10.2. The van der Waals surface area contributed by atoms with Gasteiger partial charge in [-0.05, 0) is 38.0 Å². The number of hydrogen-bond donors (Lipinski definition) is 2. The van der Waals surface area contributed by atoms with E-state index in [-0.39, 0.29) is 18.4 Å². The average Bonchev–Trinajstić information content (AvgIpc) is 3.33. The molecule has 1 aliphatic rings. The molecule has 1 aromatic carbocycles. The summed E-state index contributed by atoms with van der Waals surface area (Å²) in [5.74, 6) is 0.0132. The quantitative estimate of drug-likeness (QED) is 0.810. The number of likely N-dealkylation sites (N-methyl/N-ethyl adjacent to an activating group) is 1. The smallest absolute Gasteiger partial charge is 0.242 e. The first-order valence-electron chi connectivity index (χ1n) is 7.67. The summed E-state index contributed by atoms with van der Waals surface area (Å²) in [5.41, 5.74) is 1.32. The normalized spacial score (nSPS) is 13.6. The Kier molecular flexibility index (Phi) is 5.66. The molecule has 0 bridgehead atoms. The Balaban J connectivity index is 1.97. The van der Waals surface area contributed by atoms with E-state index in [1.54, 1.807) is 25.1 Å². The van der Waals surface area contributed by atoms with Gasteiger partial charge in [-0.2, -0.15) is 0 Å². The minimum Gasteiger partial charge on any atom is -0.375 e. The lowest BCUT2D eigenvalue weighted by Gasteiger charge is -2.21. The molecule has 0 radical (unpaired) electrons. The van der Waals surface area contributed by atoms with Gasteiger partial charge in [-0.15, -0.1) is 0 Å². The lowest BCUT2D eigenvalue weighted by molar-refractivity contribution is -0.129. The van der Waals surface area contributed by atoms with Crippen LogP contribution in [0, 0.1) is 0 Å². The van der Waals surface area contributed by atoms with Crippen molar-refractivity contribution in [2.45, 2.75) is 39.2 Å². The van der Waals surface area contributed by atoms with Crippen LogP contribution >= 0.6 is 11.6 Å². The Morgan fingerprint density at radius 1 is 1.32 bits per heavy atom. The van der Waals surface area contributed by atoms with E-state index in [9.17, 15) is 9.59 Å². The molecule has 2 N–H and O–H groups in total. The van der Waals surface area contributed by atoms with E-state index in [0.29, 0.717) is 28.9 Å². The van der Waals surface area contributed by atoms with Crippen molar-refractivity contribution in [1.29, 1.82) is 0 Å². The molecule has 6 heteroatoms. The highest BCUT2D eigenvalue weighted by molar-refractivity contribution is 6.33. The minimum atomic E-state index is -0.0600. The summed E-state index contributed by atoms with van der Waals surface area (Å²) in [6.45, 7) is 4.71. The summed E-state index contributed by atoms with van der Waals surface area (Å²) in [6.07, 6.45) is 2.61. The molecule has 5 nitrogen and oxygen atoms in total. The number of hydrogen-bond acceptors (Lipinski definition) is 3. The van der Waals surface area contributed by atoms with E-state index in [1.165, 1.54) is 0 Å². The fraction of sp³-hybridized carbons (Fsp3) is 0.500. The Labute approximate surface area is 136 Å². The molecule has 0 aliphatic heterocycles. The topological polar surface area (TPSA) is 61.4 Å². The van der Waals surface area contributed by atoms with E-state index in [1.807, 2.05) is 11.8 Å². The number of nitrogens with one attached hydrogen (secondary N) is 2. The highest BCUT2D eigenvalue weighted by atomic mass is 35.5. The lowest BCUT2D eigenvalue weighted by Crippen LogP contribution is -2.37. The van der Waals surface area contributed by atoms with Crippen LogP contribution in [0.25, 0.3) is 0 Å². The Hall–Kier alpha value is -1.75. The van der Waals surface area contributed by atoms with E-state index in [4.69, 9.17) is 11.6 Å².